The number of hydrogen-bond donors (Lipinski definition) is 1. The average molecular weight is 479 g/mol. The monoisotopic (exact) mass is 479 g/mol. The number of aromatic amines is 1. The van der Waals surface area contributed by atoms with Crippen LogP contribution in [0.25, 0.3) is 5.69 Å². The molecule has 0 atom stereocenters. The number of thioether (sulfide) groups is 1. The Morgan fingerprint density at radius 1 is 0.906 bits per heavy atom. The molecule has 1 N–H and O–H groups in total. The summed E-state index contributed by atoms with van der Waals surface area (Å²) in [5.74, 6) is -0.890. The number of H-pyrrole nitrogens is 1. The van der Waals surface area contributed by atoms with Crippen molar-refractivity contribution in [3.8, 4) is 17.2 Å². The molecule has 0 saturated heterocycles. The van der Waals surface area contributed by atoms with E-state index >= 15 is 0 Å². The quantitative estimate of drug-likeness (QED) is 0.456. The van der Waals surface area contributed by atoms with Crippen LogP contribution in [-0.2, 0) is 13.2 Å². The third kappa shape index (κ3) is 5.07. The SMILES string of the molecule is Cn1c(=O)[nH]c(=O)n(-c2ccc(Oc3ccc(SC(F)(F)F)cc3)c(C(F)(F)F)c2)c1=O. The average Bonchev–Trinajstić information content (AvgIpc) is 2.67. The van der Waals surface area contributed by atoms with Crippen LogP contribution in [-0.4, -0.2) is 19.6 Å². The molecule has 0 unspecified atom stereocenters. The summed E-state index contributed by atoms with van der Waals surface area (Å²) < 4.78 is 84.0. The zero-order chi connectivity index (χ0) is 23.8. The van der Waals surface area contributed by atoms with Crippen molar-refractivity contribution < 1.29 is 31.1 Å². The zero-order valence-electron chi connectivity index (χ0n) is 15.7. The van der Waals surface area contributed by atoms with Gasteiger partial charge in [-0.1, -0.05) is 0 Å². The minimum absolute atomic E-state index is 0.174. The van der Waals surface area contributed by atoms with Crippen LogP contribution >= 0.6 is 11.8 Å². The molecule has 0 bridgehead atoms. The van der Waals surface area contributed by atoms with Gasteiger partial charge in [0.1, 0.15) is 17.1 Å². The van der Waals surface area contributed by atoms with Gasteiger partial charge >= 0.3 is 28.8 Å². The van der Waals surface area contributed by atoms with Gasteiger partial charge in [-0.2, -0.15) is 26.3 Å². The molecule has 0 aliphatic carbocycles. The summed E-state index contributed by atoms with van der Waals surface area (Å²) in [5.41, 5.74) is -9.82. The van der Waals surface area contributed by atoms with Gasteiger partial charge in [0.15, 0.2) is 0 Å². The number of nitrogens with one attached hydrogen (secondary N) is 1. The molecule has 1 heterocycles. The Balaban J connectivity index is 2.03. The van der Waals surface area contributed by atoms with E-state index in [9.17, 15) is 40.7 Å². The molecule has 0 fully saturated rings. The number of aromatic nitrogens is 3. The molecule has 0 spiro atoms. The highest BCUT2D eigenvalue weighted by atomic mass is 32.2. The Bertz CT molecular complexity index is 1320. The Morgan fingerprint density at radius 2 is 1.53 bits per heavy atom. The van der Waals surface area contributed by atoms with Crippen LogP contribution in [0.5, 0.6) is 11.5 Å². The summed E-state index contributed by atoms with van der Waals surface area (Å²) in [6.07, 6.45) is -4.98. The Labute approximate surface area is 177 Å². The second kappa shape index (κ2) is 8.26. The van der Waals surface area contributed by atoms with Gasteiger partial charge < -0.3 is 4.74 Å². The van der Waals surface area contributed by atoms with Crippen molar-refractivity contribution in [2.45, 2.75) is 16.6 Å². The highest BCUT2D eigenvalue weighted by molar-refractivity contribution is 8.00. The molecule has 170 valence electrons. The maximum atomic E-state index is 13.6. The topological polar surface area (TPSA) is 86.1 Å². The van der Waals surface area contributed by atoms with Crippen molar-refractivity contribution in [3.05, 3.63) is 79.5 Å². The van der Waals surface area contributed by atoms with Gasteiger partial charge in [-0.15, -0.1) is 0 Å². The van der Waals surface area contributed by atoms with E-state index in [-0.39, 0.29) is 10.6 Å². The fraction of sp³-hybridized carbons (Fsp3) is 0.167. The van der Waals surface area contributed by atoms with E-state index in [1.807, 2.05) is 0 Å². The Morgan fingerprint density at radius 3 is 2.09 bits per heavy atom. The first-order valence-corrected chi connectivity index (χ1v) is 9.25. The summed E-state index contributed by atoms with van der Waals surface area (Å²) in [5, 5.41) is 0. The molecule has 2 aromatic carbocycles. The number of ether oxygens (including phenoxy) is 1. The van der Waals surface area contributed by atoms with E-state index < -0.39 is 57.5 Å². The molecule has 14 heteroatoms. The standard InChI is InChI=1S/C18H11F6N3O4S/c1-26-14(28)25-15(29)27(16(26)30)9-2-7-13(12(8-9)17(19,20)21)31-10-3-5-11(6-4-10)32-18(22,23)24/h2-8H,1H3,(H,25,28,29). The molecule has 1 aromatic heterocycles. The number of benzene rings is 2. The molecule has 7 nitrogen and oxygen atoms in total. The van der Waals surface area contributed by atoms with Crippen LogP contribution in [0, 0.1) is 0 Å². The summed E-state index contributed by atoms with van der Waals surface area (Å²) >= 11 is -0.397. The lowest BCUT2D eigenvalue weighted by molar-refractivity contribution is -0.138. The predicted molar refractivity (Wildman–Crippen MR) is 101 cm³/mol. The number of halogens is 6. The van der Waals surface area contributed by atoms with E-state index in [0.717, 1.165) is 43.4 Å². The lowest BCUT2D eigenvalue weighted by Gasteiger charge is -2.16. The lowest BCUT2D eigenvalue weighted by atomic mass is 10.1. The third-order valence-electron chi connectivity index (χ3n) is 4.01. The second-order valence-electron chi connectivity index (χ2n) is 6.21. The van der Waals surface area contributed by atoms with Gasteiger partial charge in [0, 0.05) is 11.9 Å². The number of hydrogen-bond acceptors (Lipinski definition) is 5. The van der Waals surface area contributed by atoms with Gasteiger partial charge in [0.05, 0.1) is 5.69 Å². The fourth-order valence-corrected chi connectivity index (χ4v) is 3.13. The van der Waals surface area contributed by atoms with Crippen molar-refractivity contribution in [2.75, 3.05) is 0 Å². The Hall–Kier alpha value is -3.42. The first-order chi connectivity index (χ1) is 14.8. The molecule has 0 aliphatic heterocycles. The molecule has 0 saturated carbocycles. The first kappa shape index (κ1) is 23.2. The summed E-state index contributed by atoms with van der Waals surface area (Å²) in [6, 6.07) is 6.48. The first-order valence-electron chi connectivity index (χ1n) is 8.44. The lowest BCUT2D eigenvalue weighted by Crippen LogP contribution is -2.47. The van der Waals surface area contributed by atoms with Crippen molar-refractivity contribution in [1.82, 2.24) is 14.1 Å². The number of alkyl halides is 6. The summed E-state index contributed by atoms with van der Waals surface area (Å²) in [7, 11) is 1.03. The van der Waals surface area contributed by atoms with Crippen LogP contribution in [0.15, 0.2) is 61.7 Å². The maximum Gasteiger partial charge on any atom is 0.446 e. The van der Waals surface area contributed by atoms with Gasteiger partial charge in [0.2, 0.25) is 0 Å². The third-order valence-corrected chi connectivity index (χ3v) is 4.75. The largest absolute Gasteiger partial charge is 0.457 e. The predicted octanol–water partition coefficient (Wildman–Crippen LogP) is 3.65. The summed E-state index contributed by atoms with van der Waals surface area (Å²) in [4.78, 5) is 37.2. The van der Waals surface area contributed by atoms with Crippen molar-refractivity contribution >= 4 is 11.8 Å². The van der Waals surface area contributed by atoms with Crippen LogP contribution in [0.3, 0.4) is 0 Å². The molecule has 0 radical (unpaired) electrons. The molecule has 3 rings (SSSR count). The van der Waals surface area contributed by atoms with Gasteiger partial charge in [-0.3, -0.25) is 4.98 Å². The van der Waals surface area contributed by atoms with Crippen LogP contribution in [0.4, 0.5) is 26.3 Å². The minimum atomic E-state index is -4.98. The second-order valence-corrected chi connectivity index (χ2v) is 7.35. The highest BCUT2D eigenvalue weighted by Crippen LogP contribution is 2.40. The molecule has 32 heavy (non-hydrogen) atoms. The fourth-order valence-electron chi connectivity index (χ4n) is 2.59. The smallest absolute Gasteiger partial charge is 0.446 e. The van der Waals surface area contributed by atoms with E-state index in [1.54, 1.807) is 4.98 Å². The van der Waals surface area contributed by atoms with E-state index in [4.69, 9.17) is 4.74 Å². The van der Waals surface area contributed by atoms with E-state index in [1.165, 1.54) is 0 Å². The number of nitrogens with zero attached hydrogens (tertiary/aromatic N) is 2. The number of rotatable bonds is 4. The van der Waals surface area contributed by atoms with Crippen LogP contribution < -0.4 is 21.8 Å². The van der Waals surface area contributed by atoms with Gasteiger partial charge in [-0.05, 0) is 54.2 Å². The molecule has 0 amide bonds. The molecule has 0 aliphatic rings. The molecule has 3 aromatic rings. The Kier molecular flexibility index (Phi) is 6.00. The minimum Gasteiger partial charge on any atom is -0.457 e. The summed E-state index contributed by atoms with van der Waals surface area (Å²) in [6.45, 7) is 0. The highest BCUT2D eigenvalue weighted by Gasteiger charge is 2.35. The van der Waals surface area contributed by atoms with Crippen LogP contribution in [0.2, 0.25) is 0 Å². The normalized spacial score (nSPS) is 12.1. The van der Waals surface area contributed by atoms with Crippen molar-refractivity contribution in [3.63, 3.8) is 0 Å². The zero-order valence-corrected chi connectivity index (χ0v) is 16.6. The molecular weight excluding hydrogens is 468 g/mol. The van der Waals surface area contributed by atoms with Gasteiger partial charge in [-0.25, -0.2) is 23.5 Å². The van der Waals surface area contributed by atoms with Crippen LogP contribution in [0.1, 0.15) is 5.56 Å². The van der Waals surface area contributed by atoms with Crippen molar-refractivity contribution in [2.24, 2.45) is 7.05 Å². The maximum absolute atomic E-state index is 13.6. The van der Waals surface area contributed by atoms with Gasteiger partial charge in [0.25, 0.3) is 0 Å². The molecular formula is C18H11F6N3O4S. The van der Waals surface area contributed by atoms with E-state index in [0.29, 0.717) is 15.2 Å². The van der Waals surface area contributed by atoms with Crippen molar-refractivity contribution in [1.29, 1.82) is 0 Å². The van der Waals surface area contributed by atoms with E-state index in [2.05, 4.69) is 0 Å².